The van der Waals surface area contributed by atoms with Gasteiger partial charge >= 0.3 is 6.03 Å². The van der Waals surface area contributed by atoms with Gasteiger partial charge in [-0.25, -0.2) is 13.6 Å². The Kier molecular flexibility index (Phi) is 4.72. The van der Waals surface area contributed by atoms with Crippen LogP contribution in [0.25, 0.3) is 0 Å². The zero-order chi connectivity index (χ0) is 15.4. The van der Waals surface area contributed by atoms with Crippen LogP contribution in [0.3, 0.4) is 0 Å². The van der Waals surface area contributed by atoms with E-state index >= 15 is 0 Å². The minimum absolute atomic E-state index is 0.00866. The molecule has 5 nitrogen and oxygen atoms in total. The minimum atomic E-state index is -0.812. The molecule has 1 aromatic rings. The van der Waals surface area contributed by atoms with Crippen LogP contribution in [0.2, 0.25) is 0 Å². The van der Waals surface area contributed by atoms with Gasteiger partial charge in [-0.1, -0.05) is 6.07 Å². The molecule has 0 radical (unpaired) electrons. The molecule has 3 amide bonds. The number of carbonyl (C=O) groups excluding carboxylic acids is 2. The van der Waals surface area contributed by atoms with E-state index in [2.05, 4.69) is 10.6 Å². The minimum Gasteiger partial charge on any atom is -0.336 e. The topological polar surface area (TPSA) is 61.4 Å². The van der Waals surface area contributed by atoms with Crippen molar-refractivity contribution in [3.05, 3.63) is 29.8 Å². The molecule has 0 atom stereocenters. The largest absolute Gasteiger partial charge is 0.336 e. The number of carbonyl (C=O) groups is 2. The second kappa shape index (κ2) is 6.51. The quantitative estimate of drug-likeness (QED) is 0.870. The van der Waals surface area contributed by atoms with Crippen LogP contribution in [0.15, 0.2) is 18.2 Å². The number of nitrogens with one attached hydrogen (secondary N) is 2. The summed E-state index contributed by atoms with van der Waals surface area (Å²) in [5.74, 6) is -2.12. The summed E-state index contributed by atoms with van der Waals surface area (Å²) in [5, 5.41) is 5.28. The zero-order valence-corrected chi connectivity index (χ0v) is 11.7. The van der Waals surface area contributed by atoms with Crippen LogP contribution in [0.1, 0.15) is 19.8 Å². The first-order valence-electron chi connectivity index (χ1n) is 6.75. The van der Waals surface area contributed by atoms with Gasteiger partial charge in [-0.3, -0.25) is 4.79 Å². The van der Waals surface area contributed by atoms with Crippen molar-refractivity contribution in [1.82, 2.24) is 10.6 Å². The summed E-state index contributed by atoms with van der Waals surface area (Å²) in [6.45, 7) is 1.31. The van der Waals surface area contributed by atoms with Gasteiger partial charge in [-0.15, -0.1) is 0 Å². The van der Waals surface area contributed by atoms with Crippen molar-refractivity contribution < 1.29 is 18.4 Å². The number of nitrogens with zero attached hydrogens (tertiary/aromatic N) is 1. The van der Waals surface area contributed by atoms with E-state index in [9.17, 15) is 18.4 Å². The van der Waals surface area contributed by atoms with Gasteiger partial charge in [0, 0.05) is 26.1 Å². The number of hydrogen-bond acceptors (Lipinski definition) is 2. The fourth-order valence-electron chi connectivity index (χ4n) is 1.92. The lowest BCUT2D eigenvalue weighted by atomic mass is 10.2. The number of halogens is 2. The maximum atomic E-state index is 13.7. The van der Waals surface area contributed by atoms with Crippen LogP contribution in [0.4, 0.5) is 19.3 Å². The van der Waals surface area contributed by atoms with Gasteiger partial charge < -0.3 is 15.5 Å². The number of para-hydroxylation sites is 1. The first kappa shape index (κ1) is 15.2. The predicted octanol–water partition coefficient (Wildman–Crippen LogP) is 1.78. The van der Waals surface area contributed by atoms with Crippen molar-refractivity contribution in [1.29, 1.82) is 0 Å². The summed E-state index contributed by atoms with van der Waals surface area (Å²) in [5.41, 5.74) is -0.394. The third-order valence-corrected chi connectivity index (χ3v) is 3.12. The van der Waals surface area contributed by atoms with Crippen LogP contribution in [0, 0.1) is 11.6 Å². The van der Waals surface area contributed by atoms with Crippen molar-refractivity contribution in [2.75, 3.05) is 18.0 Å². The lowest BCUT2D eigenvalue weighted by Crippen LogP contribution is -2.42. The maximum absolute atomic E-state index is 13.7. The van der Waals surface area contributed by atoms with E-state index in [4.69, 9.17) is 0 Å². The highest BCUT2D eigenvalue weighted by molar-refractivity contribution is 5.91. The Hall–Kier alpha value is -2.18. The van der Waals surface area contributed by atoms with Crippen molar-refractivity contribution in [2.45, 2.75) is 25.8 Å². The summed E-state index contributed by atoms with van der Waals surface area (Å²) in [6, 6.07) is 3.28. The summed E-state index contributed by atoms with van der Waals surface area (Å²) in [6.07, 6.45) is 1.93. The van der Waals surface area contributed by atoms with E-state index < -0.39 is 23.2 Å². The number of hydrogen-bond donors (Lipinski definition) is 2. The van der Waals surface area contributed by atoms with E-state index in [1.807, 2.05) is 0 Å². The Morgan fingerprint density at radius 2 is 1.90 bits per heavy atom. The smallest absolute Gasteiger partial charge is 0.315 e. The number of anilines is 1. The fourth-order valence-corrected chi connectivity index (χ4v) is 1.92. The average Bonchev–Trinajstić information content (AvgIpc) is 3.20. The Balaban J connectivity index is 1.95. The van der Waals surface area contributed by atoms with Crippen molar-refractivity contribution in [2.24, 2.45) is 0 Å². The molecule has 0 saturated heterocycles. The monoisotopic (exact) mass is 297 g/mol. The molecule has 7 heteroatoms. The van der Waals surface area contributed by atoms with Gasteiger partial charge in [0.05, 0.1) is 0 Å². The molecular formula is C14H17F2N3O2. The maximum Gasteiger partial charge on any atom is 0.315 e. The van der Waals surface area contributed by atoms with Gasteiger partial charge in [-0.2, -0.15) is 0 Å². The van der Waals surface area contributed by atoms with Crippen LogP contribution in [-0.2, 0) is 4.79 Å². The van der Waals surface area contributed by atoms with E-state index in [0.29, 0.717) is 0 Å². The Morgan fingerprint density at radius 3 is 2.43 bits per heavy atom. The predicted molar refractivity (Wildman–Crippen MR) is 73.9 cm³/mol. The first-order chi connectivity index (χ1) is 9.99. The molecule has 1 saturated carbocycles. The van der Waals surface area contributed by atoms with Gasteiger partial charge in [0.1, 0.15) is 17.3 Å². The molecule has 0 heterocycles. The van der Waals surface area contributed by atoms with Gasteiger partial charge in [0.2, 0.25) is 5.91 Å². The molecule has 0 aromatic heterocycles. The molecule has 0 unspecified atom stereocenters. The summed E-state index contributed by atoms with van der Waals surface area (Å²) in [7, 11) is 0. The lowest BCUT2D eigenvalue weighted by molar-refractivity contribution is -0.116. The van der Waals surface area contributed by atoms with E-state index in [0.717, 1.165) is 29.9 Å². The second-order valence-corrected chi connectivity index (χ2v) is 4.92. The molecule has 1 aliphatic carbocycles. The molecule has 0 aliphatic heterocycles. The van der Waals surface area contributed by atoms with Gasteiger partial charge in [0.15, 0.2) is 0 Å². The third-order valence-electron chi connectivity index (χ3n) is 3.12. The molecule has 21 heavy (non-hydrogen) atoms. The van der Waals surface area contributed by atoms with Crippen LogP contribution >= 0.6 is 0 Å². The normalized spacial score (nSPS) is 13.7. The number of urea groups is 1. The highest BCUT2D eigenvalue weighted by Crippen LogP contribution is 2.23. The molecule has 1 fully saturated rings. The molecule has 0 bridgehead atoms. The van der Waals surface area contributed by atoms with Crippen LogP contribution < -0.4 is 15.5 Å². The third kappa shape index (κ3) is 4.14. The Morgan fingerprint density at radius 1 is 1.29 bits per heavy atom. The van der Waals surface area contributed by atoms with E-state index in [1.165, 1.54) is 13.0 Å². The molecule has 1 aromatic carbocycles. The average molecular weight is 297 g/mol. The van der Waals surface area contributed by atoms with Crippen molar-refractivity contribution in [3.63, 3.8) is 0 Å². The molecule has 114 valence electrons. The zero-order valence-electron chi connectivity index (χ0n) is 11.7. The number of amides is 3. The Bertz CT molecular complexity index is 527. The number of rotatable bonds is 5. The number of benzene rings is 1. The molecule has 2 N–H and O–H groups in total. The summed E-state index contributed by atoms with van der Waals surface area (Å²) in [4.78, 5) is 24.0. The summed E-state index contributed by atoms with van der Waals surface area (Å²) >= 11 is 0. The molecular weight excluding hydrogens is 280 g/mol. The van der Waals surface area contributed by atoms with E-state index in [-0.39, 0.29) is 25.2 Å². The fraction of sp³-hybridized carbons (Fsp3) is 0.429. The highest BCUT2D eigenvalue weighted by atomic mass is 19.1. The van der Waals surface area contributed by atoms with Gasteiger partial charge in [-0.05, 0) is 25.0 Å². The van der Waals surface area contributed by atoms with Crippen LogP contribution in [-0.4, -0.2) is 31.1 Å². The van der Waals surface area contributed by atoms with E-state index in [1.54, 1.807) is 0 Å². The molecule has 0 spiro atoms. The molecule has 1 aliphatic rings. The Labute approximate surface area is 121 Å². The lowest BCUT2D eigenvalue weighted by Gasteiger charge is -2.22. The second-order valence-electron chi connectivity index (χ2n) is 4.92. The van der Waals surface area contributed by atoms with Gasteiger partial charge in [0.25, 0.3) is 0 Å². The highest BCUT2D eigenvalue weighted by Gasteiger charge is 2.23. The SMILES string of the molecule is CC(=O)N(CCNC(=O)NC1CC1)c1c(F)cccc1F. The van der Waals surface area contributed by atoms with Crippen molar-refractivity contribution in [3.8, 4) is 0 Å². The van der Waals surface area contributed by atoms with Crippen molar-refractivity contribution >= 4 is 17.6 Å². The van der Waals surface area contributed by atoms with Crippen LogP contribution in [0.5, 0.6) is 0 Å². The standard InChI is InChI=1S/C14H17F2N3O2/c1-9(20)19(13-11(15)3-2-4-12(13)16)8-7-17-14(21)18-10-5-6-10/h2-4,10H,5-8H2,1H3,(H2,17,18,21). The first-order valence-corrected chi connectivity index (χ1v) is 6.75. The summed E-state index contributed by atoms with van der Waals surface area (Å²) < 4.78 is 27.4. The molecule has 2 rings (SSSR count).